The quantitative estimate of drug-likeness (QED) is 0.917. The molecule has 3 nitrogen and oxygen atoms in total. The number of aromatic nitrogens is 2. The minimum atomic E-state index is -0.533. The molecule has 1 unspecified atom stereocenters. The van der Waals surface area contributed by atoms with Crippen molar-refractivity contribution in [2.24, 2.45) is 5.92 Å². The van der Waals surface area contributed by atoms with Crippen LogP contribution >= 0.6 is 0 Å². The molecule has 0 aliphatic rings. The van der Waals surface area contributed by atoms with E-state index in [1.165, 1.54) is 6.20 Å². The van der Waals surface area contributed by atoms with E-state index in [-0.39, 0.29) is 11.5 Å². The molecule has 2 aromatic rings. The lowest BCUT2D eigenvalue weighted by Crippen LogP contribution is -2.05. The normalized spacial score (nSPS) is 12.4. The molecule has 0 radical (unpaired) electrons. The summed E-state index contributed by atoms with van der Waals surface area (Å²) in [6, 6.07) is 5.37. The molecule has 1 atom stereocenters. The molecule has 5 heteroatoms. The highest BCUT2D eigenvalue weighted by Gasteiger charge is 2.19. The fourth-order valence-electron chi connectivity index (χ4n) is 1.86. The van der Waals surface area contributed by atoms with Gasteiger partial charge < -0.3 is 4.98 Å². The molecule has 0 aliphatic carbocycles. The first-order valence-electron chi connectivity index (χ1n) is 5.93. The maximum absolute atomic E-state index is 13.6. The fourth-order valence-corrected chi connectivity index (χ4v) is 1.86. The number of halogens is 2. The Bertz CT molecular complexity index is 626. The number of nitrogens with one attached hydrogen (secondary N) is 1. The SMILES string of the molecule is CC(C)C(C#N)c1ncc(-c2cc(F)ccc2F)[nH]1. The number of benzene rings is 1. The van der Waals surface area contributed by atoms with Crippen molar-refractivity contribution in [3.63, 3.8) is 0 Å². The van der Waals surface area contributed by atoms with E-state index < -0.39 is 17.6 Å². The van der Waals surface area contributed by atoms with Crippen LogP contribution in [0.25, 0.3) is 11.3 Å². The number of hydrogen-bond acceptors (Lipinski definition) is 2. The Kier molecular flexibility index (Phi) is 3.61. The van der Waals surface area contributed by atoms with Gasteiger partial charge in [-0.1, -0.05) is 13.8 Å². The topological polar surface area (TPSA) is 52.5 Å². The summed E-state index contributed by atoms with van der Waals surface area (Å²) in [4.78, 5) is 6.98. The van der Waals surface area contributed by atoms with Crippen molar-refractivity contribution in [1.82, 2.24) is 9.97 Å². The Labute approximate surface area is 109 Å². The Morgan fingerprint density at radius 2 is 2.05 bits per heavy atom. The maximum atomic E-state index is 13.6. The summed E-state index contributed by atoms with van der Waals surface area (Å²) in [5, 5.41) is 9.08. The van der Waals surface area contributed by atoms with Crippen molar-refractivity contribution >= 4 is 0 Å². The number of imidazole rings is 1. The number of nitrogens with zero attached hydrogens (tertiary/aromatic N) is 2. The Morgan fingerprint density at radius 3 is 2.68 bits per heavy atom. The summed E-state index contributed by atoms with van der Waals surface area (Å²) in [6.07, 6.45) is 1.42. The van der Waals surface area contributed by atoms with Gasteiger partial charge in [0, 0.05) is 5.56 Å². The standard InChI is InChI=1S/C14H13F2N3/c1-8(2)11(6-17)14-18-7-13(19-14)10-5-9(15)3-4-12(10)16/h3-5,7-8,11H,1-2H3,(H,18,19). The van der Waals surface area contributed by atoms with Gasteiger partial charge in [0.2, 0.25) is 0 Å². The third-order valence-corrected chi connectivity index (χ3v) is 2.91. The second-order valence-corrected chi connectivity index (χ2v) is 4.66. The van der Waals surface area contributed by atoms with E-state index in [2.05, 4.69) is 16.0 Å². The van der Waals surface area contributed by atoms with Gasteiger partial charge in [-0.15, -0.1) is 0 Å². The minimum absolute atomic E-state index is 0.0846. The average molecular weight is 261 g/mol. The molecule has 0 aliphatic heterocycles. The molecule has 0 spiro atoms. The first-order chi connectivity index (χ1) is 9.02. The Hall–Kier alpha value is -2.22. The molecule has 1 N–H and O–H groups in total. The van der Waals surface area contributed by atoms with Crippen molar-refractivity contribution < 1.29 is 8.78 Å². The van der Waals surface area contributed by atoms with E-state index in [9.17, 15) is 8.78 Å². The van der Waals surface area contributed by atoms with Crippen LogP contribution in [0.2, 0.25) is 0 Å². The molecular formula is C14H13F2N3. The maximum Gasteiger partial charge on any atom is 0.132 e. The number of nitriles is 1. The lowest BCUT2D eigenvalue weighted by Gasteiger charge is -2.09. The number of rotatable bonds is 3. The van der Waals surface area contributed by atoms with Crippen molar-refractivity contribution in [3.8, 4) is 17.3 Å². The van der Waals surface area contributed by atoms with Crippen LogP contribution in [0, 0.1) is 28.9 Å². The van der Waals surface area contributed by atoms with Crippen LogP contribution in [0.3, 0.4) is 0 Å². The first kappa shape index (κ1) is 13.2. The second-order valence-electron chi connectivity index (χ2n) is 4.66. The predicted molar refractivity (Wildman–Crippen MR) is 67.1 cm³/mol. The molecule has 0 saturated heterocycles. The highest BCUT2D eigenvalue weighted by molar-refractivity contribution is 5.59. The van der Waals surface area contributed by atoms with Crippen LogP contribution < -0.4 is 0 Å². The van der Waals surface area contributed by atoms with Crippen molar-refractivity contribution in [2.45, 2.75) is 19.8 Å². The van der Waals surface area contributed by atoms with Crippen LogP contribution in [0.4, 0.5) is 8.78 Å². The van der Waals surface area contributed by atoms with E-state index in [4.69, 9.17) is 5.26 Å². The minimum Gasteiger partial charge on any atom is -0.341 e. The van der Waals surface area contributed by atoms with E-state index in [0.29, 0.717) is 11.5 Å². The van der Waals surface area contributed by atoms with Crippen LogP contribution in [0.15, 0.2) is 24.4 Å². The second kappa shape index (κ2) is 5.19. The summed E-state index contributed by atoms with van der Waals surface area (Å²) in [7, 11) is 0. The summed E-state index contributed by atoms with van der Waals surface area (Å²) in [5.41, 5.74) is 0.479. The summed E-state index contributed by atoms with van der Waals surface area (Å²) >= 11 is 0. The third-order valence-electron chi connectivity index (χ3n) is 2.91. The summed E-state index contributed by atoms with van der Waals surface area (Å²) in [5.74, 6) is -0.897. The third kappa shape index (κ3) is 2.63. The van der Waals surface area contributed by atoms with Gasteiger partial charge >= 0.3 is 0 Å². The van der Waals surface area contributed by atoms with E-state index in [1.54, 1.807) is 0 Å². The lowest BCUT2D eigenvalue weighted by molar-refractivity contribution is 0.566. The van der Waals surface area contributed by atoms with E-state index in [0.717, 1.165) is 18.2 Å². The Morgan fingerprint density at radius 1 is 1.32 bits per heavy atom. The molecular weight excluding hydrogens is 248 g/mol. The monoisotopic (exact) mass is 261 g/mol. The first-order valence-corrected chi connectivity index (χ1v) is 5.93. The van der Waals surface area contributed by atoms with Crippen LogP contribution in [-0.2, 0) is 0 Å². The van der Waals surface area contributed by atoms with Gasteiger partial charge in [0.15, 0.2) is 0 Å². The van der Waals surface area contributed by atoms with Gasteiger partial charge in [0.05, 0.1) is 18.0 Å². The fraction of sp³-hybridized carbons (Fsp3) is 0.286. The van der Waals surface area contributed by atoms with Gasteiger partial charge in [-0.3, -0.25) is 0 Å². The molecule has 0 fully saturated rings. The van der Waals surface area contributed by atoms with Gasteiger partial charge in [0.1, 0.15) is 23.4 Å². The van der Waals surface area contributed by atoms with E-state index in [1.807, 2.05) is 13.8 Å². The molecule has 1 aromatic heterocycles. The highest BCUT2D eigenvalue weighted by atomic mass is 19.1. The lowest BCUT2D eigenvalue weighted by atomic mass is 9.97. The van der Waals surface area contributed by atoms with Crippen LogP contribution in [0.1, 0.15) is 25.6 Å². The zero-order valence-corrected chi connectivity index (χ0v) is 10.6. The molecule has 1 aromatic carbocycles. The highest BCUT2D eigenvalue weighted by Crippen LogP contribution is 2.26. The average Bonchev–Trinajstić information content (AvgIpc) is 2.82. The summed E-state index contributed by atoms with van der Waals surface area (Å²) in [6.45, 7) is 3.80. The van der Waals surface area contributed by atoms with Crippen LogP contribution in [-0.4, -0.2) is 9.97 Å². The molecule has 98 valence electrons. The number of aromatic amines is 1. The molecule has 0 amide bonds. The molecule has 2 rings (SSSR count). The van der Waals surface area contributed by atoms with E-state index >= 15 is 0 Å². The van der Waals surface area contributed by atoms with Gasteiger partial charge in [-0.05, 0) is 24.1 Å². The van der Waals surface area contributed by atoms with Gasteiger partial charge in [-0.2, -0.15) is 5.26 Å². The smallest absolute Gasteiger partial charge is 0.132 e. The van der Waals surface area contributed by atoms with Crippen molar-refractivity contribution in [2.75, 3.05) is 0 Å². The van der Waals surface area contributed by atoms with Gasteiger partial charge in [-0.25, -0.2) is 13.8 Å². The zero-order chi connectivity index (χ0) is 14.0. The predicted octanol–water partition coefficient (Wildman–Crippen LogP) is 3.62. The molecule has 0 saturated carbocycles. The molecule has 19 heavy (non-hydrogen) atoms. The zero-order valence-electron chi connectivity index (χ0n) is 10.6. The van der Waals surface area contributed by atoms with Crippen molar-refractivity contribution in [3.05, 3.63) is 41.9 Å². The summed E-state index contributed by atoms with van der Waals surface area (Å²) < 4.78 is 26.8. The van der Waals surface area contributed by atoms with Gasteiger partial charge in [0.25, 0.3) is 0 Å². The van der Waals surface area contributed by atoms with Crippen molar-refractivity contribution in [1.29, 1.82) is 5.26 Å². The number of H-pyrrole nitrogens is 1. The molecule has 1 heterocycles. The molecule has 0 bridgehead atoms. The van der Waals surface area contributed by atoms with Crippen LogP contribution in [0.5, 0.6) is 0 Å². The Balaban J connectivity index is 2.41. The number of hydrogen-bond donors (Lipinski definition) is 1. The largest absolute Gasteiger partial charge is 0.341 e.